The first kappa shape index (κ1) is 11.9. The number of carboxylic acids is 1. The number of benzene rings is 1. The standard InChI is InChI=1S/C16H18N2O2/c1-10-15(8-16(10,9-15)14(19)20)6-11-3-4-13-12(5-11)7-17-18(13)2/h3-5,7,10H,6,8-9H2,1-2H3,(H,19,20). The normalized spacial score (nSPS) is 34.6. The Bertz CT molecular complexity index is 725. The third kappa shape index (κ3) is 1.22. The molecule has 4 nitrogen and oxygen atoms in total. The summed E-state index contributed by atoms with van der Waals surface area (Å²) in [6, 6.07) is 6.47. The molecule has 1 aromatic carbocycles. The van der Waals surface area contributed by atoms with Crippen LogP contribution in [0.2, 0.25) is 0 Å². The van der Waals surface area contributed by atoms with E-state index >= 15 is 0 Å². The Hall–Kier alpha value is -1.84. The van der Waals surface area contributed by atoms with Gasteiger partial charge in [-0.2, -0.15) is 5.10 Å². The summed E-state index contributed by atoms with van der Waals surface area (Å²) in [5, 5.41) is 14.7. The molecule has 0 aliphatic heterocycles. The molecule has 0 saturated heterocycles. The van der Waals surface area contributed by atoms with Gasteiger partial charge >= 0.3 is 5.97 Å². The molecular formula is C16H18N2O2. The number of nitrogens with zero attached hydrogens (tertiary/aromatic N) is 2. The number of hydrogen-bond donors (Lipinski definition) is 1. The van der Waals surface area contributed by atoms with Crippen LogP contribution in [0.25, 0.3) is 10.9 Å². The van der Waals surface area contributed by atoms with Crippen molar-refractivity contribution in [3.8, 4) is 0 Å². The van der Waals surface area contributed by atoms with Crippen LogP contribution >= 0.6 is 0 Å². The summed E-state index contributed by atoms with van der Waals surface area (Å²) in [6.07, 6.45) is 4.58. The molecule has 1 atom stereocenters. The summed E-state index contributed by atoms with van der Waals surface area (Å²) in [5.41, 5.74) is 2.27. The van der Waals surface area contributed by atoms with Gasteiger partial charge in [-0.05, 0) is 48.3 Å². The molecule has 3 fully saturated rings. The molecule has 2 bridgehead atoms. The van der Waals surface area contributed by atoms with Crippen molar-refractivity contribution in [2.75, 3.05) is 0 Å². The Labute approximate surface area is 117 Å². The SMILES string of the molecule is CC1C2(Cc3ccc4c(cnn4C)c3)CC1(C(=O)O)C2. The molecule has 3 aliphatic carbocycles. The van der Waals surface area contributed by atoms with Crippen LogP contribution < -0.4 is 0 Å². The van der Waals surface area contributed by atoms with Crippen LogP contribution in [-0.2, 0) is 18.3 Å². The smallest absolute Gasteiger partial charge is 0.309 e. The number of carbonyl (C=O) groups is 1. The molecule has 3 aliphatic rings. The van der Waals surface area contributed by atoms with Crippen molar-refractivity contribution in [2.45, 2.75) is 26.2 Å². The summed E-state index contributed by atoms with van der Waals surface area (Å²) in [4.78, 5) is 11.3. The van der Waals surface area contributed by atoms with Gasteiger partial charge in [0.1, 0.15) is 0 Å². The summed E-state index contributed by atoms with van der Waals surface area (Å²) in [5.74, 6) is -0.299. The maximum atomic E-state index is 11.3. The van der Waals surface area contributed by atoms with E-state index < -0.39 is 11.4 Å². The molecule has 0 radical (unpaired) electrons. The lowest BCUT2D eigenvalue weighted by Crippen LogP contribution is -2.73. The van der Waals surface area contributed by atoms with Crippen molar-refractivity contribution in [2.24, 2.45) is 23.8 Å². The van der Waals surface area contributed by atoms with Crippen molar-refractivity contribution in [3.63, 3.8) is 0 Å². The summed E-state index contributed by atoms with van der Waals surface area (Å²) < 4.78 is 1.88. The summed E-state index contributed by atoms with van der Waals surface area (Å²) in [6.45, 7) is 2.10. The minimum Gasteiger partial charge on any atom is -0.481 e. The van der Waals surface area contributed by atoms with Gasteiger partial charge in [0.05, 0.1) is 17.1 Å². The van der Waals surface area contributed by atoms with Crippen molar-refractivity contribution < 1.29 is 9.90 Å². The van der Waals surface area contributed by atoms with Crippen LogP contribution in [0.1, 0.15) is 25.3 Å². The van der Waals surface area contributed by atoms with E-state index in [0.717, 1.165) is 30.2 Å². The Morgan fingerprint density at radius 3 is 2.90 bits per heavy atom. The van der Waals surface area contributed by atoms with Gasteiger partial charge in [0, 0.05) is 12.4 Å². The number of aliphatic carboxylic acids is 1. The number of aryl methyl sites for hydroxylation is 1. The fourth-order valence-corrected chi connectivity index (χ4v) is 4.49. The summed E-state index contributed by atoms with van der Waals surface area (Å²) >= 11 is 0. The van der Waals surface area contributed by atoms with Gasteiger partial charge in [0.15, 0.2) is 0 Å². The quantitative estimate of drug-likeness (QED) is 0.932. The lowest BCUT2D eigenvalue weighted by Gasteiger charge is -2.74. The van der Waals surface area contributed by atoms with E-state index in [0.29, 0.717) is 5.92 Å². The Morgan fingerprint density at radius 2 is 2.25 bits per heavy atom. The molecule has 20 heavy (non-hydrogen) atoms. The highest BCUT2D eigenvalue weighted by Gasteiger charge is 2.76. The van der Waals surface area contributed by atoms with Gasteiger partial charge < -0.3 is 5.11 Å². The van der Waals surface area contributed by atoms with Gasteiger partial charge in [0.2, 0.25) is 0 Å². The molecule has 5 rings (SSSR count). The first-order chi connectivity index (χ1) is 9.47. The van der Waals surface area contributed by atoms with Gasteiger partial charge in [-0.1, -0.05) is 13.0 Å². The third-order valence-electron chi connectivity index (χ3n) is 5.88. The topological polar surface area (TPSA) is 55.1 Å². The van der Waals surface area contributed by atoms with E-state index in [2.05, 4.69) is 30.2 Å². The molecule has 1 unspecified atom stereocenters. The molecule has 3 saturated carbocycles. The van der Waals surface area contributed by atoms with E-state index in [4.69, 9.17) is 0 Å². The molecule has 104 valence electrons. The average Bonchev–Trinajstić information content (AvgIpc) is 2.74. The highest BCUT2D eigenvalue weighted by Crippen LogP contribution is 2.78. The van der Waals surface area contributed by atoms with E-state index in [9.17, 15) is 9.90 Å². The second-order valence-electron chi connectivity index (χ2n) is 6.74. The maximum Gasteiger partial charge on any atom is 0.309 e. The van der Waals surface area contributed by atoms with Crippen molar-refractivity contribution in [1.29, 1.82) is 0 Å². The average molecular weight is 270 g/mol. The Balaban J connectivity index is 1.59. The fourth-order valence-electron chi connectivity index (χ4n) is 4.49. The van der Waals surface area contributed by atoms with Crippen molar-refractivity contribution in [3.05, 3.63) is 30.0 Å². The van der Waals surface area contributed by atoms with Crippen LogP contribution in [0.5, 0.6) is 0 Å². The van der Waals surface area contributed by atoms with Crippen LogP contribution in [-0.4, -0.2) is 20.9 Å². The number of fused-ring (bicyclic) bond motifs is 1. The monoisotopic (exact) mass is 270 g/mol. The van der Waals surface area contributed by atoms with Gasteiger partial charge in [-0.25, -0.2) is 0 Å². The lowest BCUT2D eigenvalue weighted by molar-refractivity contribution is -0.267. The molecule has 2 aromatic rings. The van der Waals surface area contributed by atoms with Crippen LogP contribution in [0.15, 0.2) is 24.4 Å². The second-order valence-corrected chi connectivity index (χ2v) is 6.74. The van der Waals surface area contributed by atoms with Crippen LogP contribution in [0.3, 0.4) is 0 Å². The van der Waals surface area contributed by atoms with Gasteiger partial charge in [-0.15, -0.1) is 0 Å². The third-order valence-corrected chi connectivity index (χ3v) is 5.88. The summed E-state index contributed by atoms with van der Waals surface area (Å²) in [7, 11) is 1.95. The number of carboxylic acid groups (broad SMARTS) is 1. The second kappa shape index (κ2) is 3.43. The first-order valence-corrected chi connectivity index (χ1v) is 7.11. The zero-order valence-electron chi connectivity index (χ0n) is 11.8. The van der Waals surface area contributed by atoms with Crippen LogP contribution in [0.4, 0.5) is 0 Å². The highest BCUT2D eigenvalue weighted by atomic mass is 16.4. The van der Waals surface area contributed by atoms with E-state index in [1.807, 2.05) is 17.9 Å². The lowest BCUT2D eigenvalue weighted by atomic mass is 9.28. The molecule has 4 heteroatoms. The molecule has 1 heterocycles. The van der Waals surface area contributed by atoms with E-state index in [1.54, 1.807) is 0 Å². The molecular weight excluding hydrogens is 252 g/mol. The molecule has 0 amide bonds. The number of hydrogen-bond acceptors (Lipinski definition) is 2. The largest absolute Gasteiger partial charge is 0.481 e. The highest BCUT2D eigenvalue weighted by molar-refractivity contribution is 5.81. The van der Waals surface area contributed by atoms with Gasteiger partial charge in [0.25, 0.3) is 0 Å². The van der Waals surface area contributed by atoms with Crippen LogP contribution in [0, 0.1) is 16.7 Å². The maximum absolute atomic E-state index is 11.3. The minimum atomic E-state index is -0.602. The van der Waals surface area contributed by atoms with Crippen molar-refractivity contribution in [1.82, 2.24) is 9.78 Å². The molecule has 0 spiro atoms. The number of aromatic nitrogens is 2. The zero-order chi connectivity index (χ0) is 14.1. The number of rotatable bonds is 3. The van der Waals surface area contributed by atoms with Crippen molar-refractivity contribution >= 4 is 16.9 Å². The Morgan fingerprint density at radius 1 is 1.50 bits per heavy atom. The van der Waals surface area contributed by atoms with E-state index in [-0.39, 0.29) is 5.41 Å². The van der Waals surface area contributed by atoms with E-state index in [1.165, 1.54) is 5.56 Å². The molecule has 1 N–H and O–H groups in total. The predicted molar refractivity (Wildman–Crippen MR) is 75.3 cm³/mol. The first-order valence-electron chi connectivity index (χ1n) is 7.11. The zero-order valence-corrected chi connectivity index (χ0v) is 11.8. The Kier molecular flexibility index (Phi) is 2.05. The fraction of sp³-hybridized carbons (Fsp3) is 0.500. The molecule has 1 aromatic heterocycles. The van der Waals surface area contributed by atoms with Gasteiger partial charge in [-0.3, -0.25) is 9.48 Å². The predicted octanol–water partition coefficient (Wildman–Crippen LogP) is 2.62. The minimum absolute atomic E-state index is 0.230.